The van der Waals surface area contributed by atoms with Gasteiger partial charge in [-0.1, -0.05) is 19.9 Å². The molecule has 0 aliphatic rings. The van der Waals surface area contributed by atoms with Gasteiger partial charge in [0.05, 0.1) is 13.2 Å². The number of rotatable bonds is 7. The molecule has 0 fully saturated rings. The highest BCUT2D eigenvalue weighted by atomic mass is 16.5. The van der Waals surface area contributed by atoms with E-state index in [4.69, 9.17) is 9.47 Å². The Labute approximate surface area is 115 Å². The first-order valence-corrected chi connectivity index (χ1v) is 6.80. The minimum absolute atomic E-state index is 0.192. The summed E-state index contributed by atoms with van der Waals surface area (Å²) < 4.78 is 11.2. The van der Waals surface area contributed by atoms with Crippen molar-refractivity contribution in [1.82, 2.24) is 0 Å². The van der Waals surface area contributed by atoms with Crippen molar-refractivity contribution < 1.29 is 14.3 Å². The molecule has 0 atom stereocenters. The number of Topliss-reactive ketones (excluding diaryl/α,β-unsaturated/α-hetero) is 1. The molecule has 0 spiro atoms. The first kappa shape index (κ1) is 15.5. The fraction of sp³-hybridized carbons (Fsp3) is 0.562. The summed E-state index contributed by atoms with van der Waals surface area (Å²) in [6.07, 6.45) is 0.520. The Morgan fingerprint density at radius 1 is 1.11 bits per heavy atom. The molecule has 3 heteroatoms. The summed E-state index contributed by atoms with van der Waals surface area (Å²) >= 11 is 0. The van der Waals surface area contributed by atoms with E-state index in [-0.39, 0.29) is 11.2 Å². The zero-order valence-electron chi connectivity index (χ0n) is 12.6. The van der Waals surface area contributed by atoms with Gasteiger partial charge in [-0.3, -0.25) is 4.79 Å². The Morgan fingerprint density at radius 2 is 1.68 bits per heavy atom. The van der Waals surface area contributed by atoms with Crippen LogP contribution >= 0.6 is 0 Å². The molecule has 0 heterocycles. The summed E-state index contributed by atoms with van der Waals surface area (Å²) in [7, 11) is 0. The predicted octanol–water partition coefficient (Wildman–Crippen LogP) is 3.74. The fourth-order valence-electron chi connectivity index (χ4n) is 2.20. The summed E-state index contributed by atoms with van der Waals surface area (Å²) in [6.45, 7) is 10.9. The third kappa shape index (κ3) is 4.27. The lowest BCUT2D eigenvalue weighted by atomic mass is 9.80. The van der Waals surface area contributed by atoms with Crippen molar-refractivity contribution in [2.75, 3.05) is 13.2 Å². The lowest BCUT2D eigenvalue weighted by molar-refractivity contribution is -0.118. The van der Waals surface area contributed by atoms with Crippen LogP contribution in [0.1, 0.15) is 46.6 Å². The van der Waals surface area contributed by atoms with Crippen molar-refractivity contribution in [2.45, 2.75) is 46.5 Å². The maximum absolute atomic E-state index is 11.4. The summed E-state index contributed by atoms with van der Waals surface area (Å²) in [5.74, 6) is 1.70. The number of carbonyl (C=O) groups excluding carboxylic acids is 1. The second kappa shape index (κ2) is 6.60. The first-order valence-electron chi connectivity index (χ1n) is 6.80. The Hall–Kier alpha value is -1.51. The van der Waals surface area contributed by atoms with Crippen LogP contribution in [-0.4, -0.2) is 19.0 Å². The highest BCUT2D eigenvalue weighted by Crippen LogP contribution is 2.35. The molecule has 19 heavy (non-hydrogen) atoms. The van der Waals surface area contributed by atoms with Gasteiger partial charge in [0, 0.05) is 6.42 Å². The molecule has 0 aliphatic carbocycles. The maximum Gasteiger partial charge on any atom is 0.161 e. The van der Waals surface area contributed by atoms with Crippen molar-refractivity contribution >= 4 is 5.78 Å². The normalized spacial score (nSPS) is 11.2. The minimum Gasteiger partial charge on any atom is -0.490 e. The number of benzene rings is 1. The van der Waals surface area contributed by atoms with Crippen LogP contribution in [0.3, 0.4) is 0 Å². The fourth-order valence-corrected chi connectivity index (χ4v) is 2.20. The number of hydrogen-bond donors (Lipinski definition) is 0. The molecular weight excluding hydrogens is 240 g/mol. The predicted molar refractivity (Wildman–Crippen MR) is 77.1 cm³/mol. The number of hydrogen-bond acceptors (Lipinski definition) is 3. The topological polar surface area (TPSA) is 35.5 Å². The van der Waals surface area contributed by atoms with Crippen LogP contribution in [0.25, 0.3) is 0 Å². The molecule has 0 aliphatic heterocycles. The van der Waals surface area contributed by atoms with E-state index in [1.54, 1.807) is 6.92 Å². The van der Waals surface area contributed by atoms with Crippen LogP contribution in [0.5, 0.6) is 11.5 Å². The molecule has 0 N–H and O–H groups in total. The van der Waals surface area contributed by atoms with E-state index in [9.17, 15) is 4.79 Å². The summed E-state index contributed by atoms with van der Waals surface area (Å²) in [6, 6.07) is 5.92. The molecule has 0 saturated heterocycles. The van der Waals surface area contributed by atoms with E-state index in [0.29, 0.717) is 19.6 Å². The smallest absolute Gasteiger partial charge is 0.161 e. The molecule has 0 bridgehead atoms. The third-order valence-corrected chi connectivity index (χ3v) is 3.02. The average Bonchev–Trinajstić information content (AvgIpc) is 2.30. The summed E-state index contributed by atoms with van der Waals surface area (Å²) in [4.78, 5) is 11.4. The zero-order valence-corrected chi connectivity index (χ0v) is 12.6. The van der Waals surface area contributed by atoms with Gasteiger partial charge in [0.1, 0.15) is 5.78 Å². The molecule has 0 amide bonds. The standard InChI is InChI=1S/C16H24O3/c1-6-18-14-9-8-13(10-15(14)19-7-2)16(4,5)11-12(3)17/h8-10H,6-7,11H2,1-5H3. The third-order valence-electron chi connectivity index (χ3n) is 3.02. The Bertz CT molecular complexity index is 436. The van der Waals surface area contributed by atoms with Crippen molar-refractivity contribution in [3.63, 3.8) is 0 Å². The zero-order chi connectivity index (χ0) is 14.5. The summed E-state index contributed by atoms with van der Waals surface area (Å²) in [5, 5.41) is 0. The molecule has 3 nitrogen and oxygen atoms in total. The van der Waals surface area contributed by atoms with Gasteiger partial charge < -0.3 is 9.47 Å². The first-order chi connectivity index (χ1) is 8.90. The van der Waals surface area contributed by atoms with Crippen LogP contribution in [0.4, 0.5) is 0 Å². The quantitative estimate of drug-likeness (QED) is 0.752. The lowest BCUT2D eigenvalue weighted by Gasteiger charge is -2.25. The van der Waals surface area contributed by atoms with Gasteiger partial charge in [-0.05, 0) is 43.9 Å². The lowest BCUT2D eigenvalue weighted by Crippen LogP contribution is -2.20. The van der Waals surface area contributed by atoms with Crippen LogP contribution < -0.4 is 9.47 Å². The maximum atomic E-state index is 11.4. The highest BCUT2D eigenvalue weighted by molar-refractivity contribution is 5.77. The van der Waals surface area contributed by atoms with E-state index < -0.39 is 0 Å². The summed E-state index contributed by atoms with van der Waals surface area (Å²) in [5.41, 5.74) is 0.900. The van der Waals surface area contributed by atoms with Gasteiger partial charge in [-0.15, -0.1) is 0 Å². The molecular formula is C16H24O3. The molecule has 1 aromatic carbocycles. The number of ketones is 1. The highest BCUT2D eigenvalue weighted by Gasteiger charge is 2.24. The molecule has 1 rings (SSSR count). The van der Waals surface area contributed by atoms with E-state index in [1.807, 2.05) is 32.0 Å². The van der Waals surface area contributed by atoms with Gasteiger partial charge in [0.2, 0.25) is 0 Å². The second-order valence-electron chi connectivity index (χ2n) is 5.29. The molecule has 0 aromatic heterocycles. The van der Waals surface area contributed by atoms with E-state index in [2.05, 4.69) is 13.8 Å². The van der Waals surface area contributed by atoms with Crippen LogP contribution in [0.2, 0.25) is 0 Å². The second-order valence-corrected chi connectivity index (χ2v) is 5.29. The minimum atomic E-state index is -0.192. The van der Waals surface area contributed by atoms with Gasteiger partial charge in [0.25, 0.3) is 0 Å². The van der Waals surface area contributed by atoms with Gasteiger partial charge >= 0.3 is 0 Å². The molecule has 106 valence electrons. The van der Waals surface area contributed by atoms with Crippen LogP contribution in [0.15, 0.2) is 18.2 Å². The number of ether oxygens (including phenoxy) is 2. The largest absolute Gasteiger partial charge is 0.490 e. The van der Waals surface area contributed by atoms with Crippen molar-refractivity contribution in [2.24, 2.45) is 0 Å². The molecule has 0 saturated carbocycles. The van der Waals surface area contributed by atoms with Crippen molar-refractivity contribution in [3.05, 3.63) is 23.8 Å². The number of carbonyl (C=O) groups is 1. The molecule has 0 unspecified atom stereocenters. The monoisotopic (exact) mass is 264 g/mol. The molecule has 0 radical (unpaired) electrons. The van der Waals surface area contributed by atoms with Crippen LogP contribution in [-0.2, 0) is 10.2 Å². The van der Waals surface area contributed by atoms with E-state index in [1.165, 1.54) is 0 Å². The molecule has 1 aromatic rings. The van der Waals surface area contributed by atoms with E-state index in [0.717, 1.165) is 17.1 Å². The SMILES string of the molecule is CCOc1ccc(C(C)(C)CC(C)=O)cc1OCC. The van der Waals surface area contributed by atoms with Gasteiger partial charge in [-0.2, -0.15) is 0 Å². The van der Waals surface area contributed by atoms with Crippen LogP contribution in [0, 0.1) is 0 Å². The average molecular weight is 264 g/mol. The van der Waals surface area contributed by atoms with Gasteiger partial charge in [0.15, 0.2) is 11.5 Å². The Kier molecular flexibility index (Phi) is 5.40. The Morgan fingerprint density at radius 3 is 2.21 bits per heavy atom. The van der Waals surface area contributed by atoms with Crippen molar-refractivity contribution in [3.8, 4) is 11.5 Å². The van der Waals surface area contributed by atoms with Crippen molar-refractivity contribution in [1.29, 1.82) is 0 Å². The Balaban J connectivity index is 3.09. The van der Waals surface area contributed by atoms with E-state index >= 15 is 0 Å². The van der Waals surface area contributed by atoms with Gasteiger partial charge in [-0.25, -0.2) is 0 Å².